The van der Waals surface area contributed by atoms with Crippen molar-refractivity contribution in [3.63, 3.8) is 0 Å². The molecule has 0 unspecified atom stereocenters. The molecule has 0 aliphatic heterocycles. The highest BCUT2D eigenvalue weighted by Crippen LogP contribution is 2.29. The molecule has 0 bridgehead atoms. The van der Waals surface area contributed by atoms with Gasteiger partial charge < -0.3 is 16.0 Å². The number of aromatic nitrogens is 1. The molecule has 1 saturated carbocycles. The molecule has 0 radical (unpaired) electrons. The average Bonchev–Trinajstić information content (AvgIpc) is 3.18. The maximum Gasteiger partial charge on any atom is 0.315 e. The molecule has 3 N–H and O–H groups in total. The SMILES string of the molecule is O=C(NCc1ccccc1)NC1(C(=O)NCCc2cccnc2)CCCC1. The minimum atomic E-state index is -0.810. The maximum absolute atomic E-state index is 12.8. The summed E-state index contributed by atoms with van der Waals surface area (Å²) in [5, 5.41) is 8.77. The fraction of sp³-hybridized carbons (Fsp3) is 0.381. The van der Waals surface area contributed by atoms with Gasteiger partial charge in [0, 0.05) is 25.5 Å². The van der Waals surface area contributed by atoms with Gasteiger partial charge in [-0.3, -0.25) is 9.78 Å². The van der Waals surface area contributed by atoms with Crippen LogP contribution in [0.1, 0.15) is 36.8 Å². The van der Waals surface area contributed by atoms with Crippen LogP contribution in [-0.4, -0.2) is 29.0 Å². The molecule has 0 spiro atoms. The Bertz CT molecular complexity index is 743. The van der Waals surface area contributed by atoms with Gasteiger partial charge in [-0.15, -0.1) is 0 Å². The van der Waals surface area contributed by atoms with Crippen molar-refractivity contribution in [3.8, 4) is 0 Å². The van der Waals surface area contributed by atoms with Crippen LogP contribution in [0, 0.1) is 0 Å². The lowest BCUT2D eigenvalue weighted by Gasteiger charge is -2.29. The monoisotopic (exact) mass is 366 g/mol. The van der Waals surface area contributed by atoms with E-state index in [1.807, 2.05) is 42.5 Å². The van der Waals surface area contributed by atoms with E-state index in [0.29, 0.717) is 25.9 Å². The van der Waals surface area contributed by atoms with Crippen molar-refractivity contribution in [2.75, 3.05) is 6.54 Å². The molecule has 6 nitrogen and oxygen atoms in total. The van der Waals surface area contributed by atoms with Crippen LogP contribution >= 0.6 is 0 Å². The fourth-order valence-corrected chi connectivity index (χ4v) is 3.46. The number of benzene rings is 1. The van der Waals surface area contributed by atoms with E-state index in [1.165, 1.54) is 0 Å². The average molecular weight is 366 g/mol. The van der Waals surface area contributed by atoms with Crippen LogP contribution in [0.25, 0.3) is 0 Å². The number of carbonyl (C=O) groups excluding carboxylic acids is 2. The summed E-state index contributed by atoms with van der Waals surface area (Å²) in [6.45, 7) is 0.963. The third-order valence-electron chi connectivity index (χ3n) is 4.96. The summed E-state index contributed by atoms with van der Waals surface area (Å²) in [5.74, 6) is -0.0984. The largest absolute Gasteiger partial charge is 0.354 e. The summed E-state index contributed by atoms with van der Waals surface area (Å²) in [7, 11) is 0. The minimum Gasteiger partial charge on any atom is -0.354 e. The van der Waals surface area contributed by atoms with Gasteiger partial charge in [-0.25, -0.2) is 4.79 Å². The number of urea groups is 1. The number of rotatable bonds is 7. The molecular weight excluding hydrogens is 340 g/mol. The first kappa shape index (κ1) is 18.9. The van der Waals surface area contributed by atoms with Crippen LogP contribution in [0.2, 0.25) is 0 Å². The number of hydrogen-bond acceptors (Lipinski definition) is 3. The zero-order valence-electron chi connectivity index (χ0n) is 15.4. The Labute approximate surface area is 159 Å². The predicted octanol–water partition coefficient (Wildman–Crippen LogP) is 2.55. The lowest BCUT2D eigenvalue weighted by Crippen LogP contribution is -2.59. The van der Waals surface area contributed by atoms with Crippen LogP contribution in [0.5, 0.6) is 0 Å². The Morgan fingerprint density at radius 3 is 2.41 bits per heavy atom. The standard InChI is InChI=1S/C21H26N4O2/c26-19(23-14-10-18-9-6-13-22-15-18)21(11-4-5-12-21)25-20(27)24-16-17-7-2-1-3-8-17/h1-3,6-9,13,15H,4-5,10-12,14,16H2,(H,23,26)(H2,24,25,27). The van der Waals surface area contributed by atoms with Gasteiger partial charge >= 0.3 is 6.03 Å². The summed E-state index contributed by atoms with van der Waals surface area (Å²) in [5.41, 5.74) is 1.29. The van der Waals surface area contributed by atoms with Crippen molar-refractivity contribution in [2.45, 2.75) is 44.2 Å². The Kier molecular flexibility index (Phi) is 6.41. The highest BCUT2D eigenvalue weighted by atomic mass is 16.2. The summed E-state index contributed by atoms with van der Waals surface area (Å²) in [4.78, 5) is 29.2. The van der Waals surface area contributed by atoms with Gasteiger partial charge in [-0.05, 0) is 36.5 Å². The second-order valence-corrected chi connectivity index (χ2v) is 6.95. The molecule has 1 aliphatic carbocycles. The summed E-state index contributed by atoms with van der Waals surface area (Å²) < 4.78 is 0. The fourth-order valence-electron chi connectivity index (χ4n) is 3.46. The molecule has 0 atom stereocenters. The van der Waals surface area contributed by atoms with Crippen molar-refractivity contribution >= 4 is 11.9 Å². The molecule has 1 heterocycles. The van der Waals surface area contributed by atoms with E-state index < -0.39 is 5.54 Å². The van der Waals surface area contributed by atoms with Gasteiger partial charge in [0.25, 0.3) is 0 Å². The number of carbonyl (C=O) groups is 2. The molecule has 1 fully saturated rings. The Morgan fingerprint density at radius 2 is 1.70 bits per heavy atom. The predicted molar refractivity (Wildman–Crippen MR) is 104 cm³/mol. The van der Waals surface area contributed by atoms with Gasteiger partial charge in [0.05, 0.1) is 0 Å². The number of nitrogens with one attached hydrogen (secondary N) is 3. The molecule has 27 heavy (non-hydrogen) atoms. The molecular formula is C21H26N4O2. The smallest absolute Gasteiger partial charge is 0.315 e. The second-order valence-electron chi connectivity index (χ2n) is 6.95. The van der Waals surface area contributed by atoms with Gasteiger partial charge in [0.2, 0.25) is 5.91 Å². The van der Waals surface area contributed by atoms with Crippen LogP contribution in [0.15, 0.2) is 54.9 Å². The van der Waals surface area contributed by atoms with Crippen LogP contribution in [0.4, 0.5) is 4.79 Å². The topological polar surface area (TPSA) is 83.1 Å². The summed E-state index contributed by atoms with van der Waals surface area (Å²) in [6, 6.07) is 13.3. The van der Waals surface area contributed by atoms with E-state index in [4.69, 9.17) is 0 Å². The van der Waals surface area contributed by atoms with E-state index in [9.17, 15) is 9.59 Å². The van der Waals surface area contributed by atoms with Gasteiger partial charge in [-0.1, -0.05) is 49.2 Å². The number of nitrogens with zero attached hydrogens (tertiary/aromatic N) is 1. The molecule has 142 valence electrons. The summed E-state index contributed by atoms with van der Waals surface area (Å²) in [6.07, 6.45) is 7.47. The normalized spacial score (nSPS) is 15.1. The number of amides is 3. The van der Waals surface area contributed by atoms with E-state index in [-0.39, 0.29) is 11.9 Å². The molecule has 1 aliphatic rings. The molecule has 0 saturated heterocycles. The van der Waals surface area contributed by atoms with Gasteiger partial charge in [0.15, 0.2) is 0 Å². The van der Waals surface area contributed by atoms with Crippen molar-refractivity contribution in [1.82, 2.24) is 20.9 Å². The molecule has 3 amide bonds. The summed E-state index contributed by atoms with van der Waals surface area (Å²) >= 11 is 0. The maximum atomic E-state index is 12.8. The lowest BCUT2D eigenvalue weighted by molar-refractivity contribution is -0.127. The highest BCUT2D eigenvalue weighted by molar-refractivity contribution is 5.91. The lowest BCUT2D eigenvalue weighted by atomic mass is 9.96. The number of hydrogen-bond donors (Lipinski definition) is 3. The van der Waals surface area contributed by atoms with Crippen LogP contribution < -0.4 is 16.0 Å². The third-order valence-corrected chi connectivity index (χ3v) is 4.96. The van der Waals surface area contributed by atoms with Crippen molar-refractivity contribution < 1.29 is 9.59 Å². The van der Waals surface area contributed by atoms with Gasteiger partial charge in [-0.2, -0.15) is 0 Å². The Morgan fingerprint density at radius 1 is 0.963 bits per heavy atom. The zero-order valence-corrected chi connectivity index (χ0v) is 15.4. The van der Waals surface area contributed by atoms with Crippen LogP contribution in [0.3, 0.4) is 0 Å². The highest BCUT2D eigenvalue weighted by Gasteiger charge is 2.42. The Balaban J connectivity index is 1.51. The van der Waals surface area contributed by atoms with Crippen molar-refractivity contribution in [3.05, 3.63) is 66.0 Å². The molecule has 2 aromatic rings. The first-order valence-corrected chi connectivity index (χ1v) is 9.45. The molecule has 1 aromatic carbocycles. The first-order chi connectivity index (χ1) is 13.2. The van der Waals surface area contributed by atoms with Gasteiger partial charge in [0.1, 0.15) is 5.54 Å². The van der Waals surface area contributed by atoms with Crippen LogP contribution in [-0.2, 0) is 17.8 Å². The first-order valence-electron chi connectivity index (χ1n) is 9.45. The molecule has 1 aromatic heterocycles. The van der Waals surface area contributed by atoms with Crippen molar-refractivity contribution in [2.24, 2.45) is 0 Å². The van der Waals surface area contributed by atoms with E-state index in [0.717, 1.165) is 30.4 Å². The van der Waals surface area contributed by atoms with E-state index in [1.54, 1.807) is 12.4 Å². The van der Waals surface area contributed by atoms with E-state index >= 15 is 0 Å². The Hall–Kier alpha value is -2.89. The van der Waals surface area contributed by atoms with Crippen molar-refractivity contribution in [1.29, 1.82) is 0 Å². The van der Waals surface area contributed by atoms with E-state index in [2.05, 4.69) is 20.9 Å². The zero-order chi connectivity index (χ0) is 19.0. The minimum absolute atomic E-state index is 0.0984. The molecule has 6 heteroatoms. The second kappa shape index (κ2) is 9.16. The quantitative estimate of drug-likeness (QED) is 0.704. The third kappa shape index (κ3) is 5.29. The number of pyridine rings is 1. The molecule has 3 rings (SSSR count).